The first-order valence-electron chi connectivity index (χ1n) is 5.70. The van der Waals surface area contributed by atoms with Gasteiger partial charge in [-0.3, -0.25) is 19.3 Å². The molecule has 7 heteroatoms. The number of rotatable bonds is 4. The van der Waals surface area contributed by atoms with Crippen LogP contribution in [0, 0.1) is 5.82 Å². The standard InChI is InChI=1S/C13H10FNO4S/c14-9-3-1-8(2-4-9)7-10-12(18)15(13(19)20-10)6-5-11(16)17/h1-4,7H,5-6H2,(H,16,17)/b10-7-. The highest BCUT2D eigenvalue weighted by atomic mass is 32.2. The van der Waals surface area contributed by atoms with Gasteiger partial charge in [-0.25, -0.2) is 4.39 Å². The Kier molecular flexibility index (Phi) is 4.19. The van der Waals surface area contributed by atoms with Gasteiger partial charge in [0.15, 0.2) is 0 Å². The zero-order valence-electron chi connectivity index (χ0n) is 10.2. The lowest BCUT2D eigenvalue weighted by molar-refractivity contribution is -0.137. The monoisotopic (exact) mass is 295 g/mol. The second-order valence-electron chi connectivity index (χ2n) is 4.03. The molecule has 1 heterocycles. The Morgan fingerprint density at radius 2 is 1.95 bits per heavy atom. The van der Waals surface area contributed by atoms with Crippen molar-refractivity contribution in [3.05, 3.63) is 40.6 Å². The lowest BCUT2D eigenvalue weighted by Crippen LogP contribution is -2.30. The fraction of sp³-hybridized carbons (Fsp3) is 0.154. The van der Waals surface area contributed by atoms with E-state index in [1.54, 1.807) is 0 Å². The van der Waals surface area contributed by atoms with E-state index in [9.17, 15) is 18.8 Å². The van der Waals surface area contributed by atoms with Crippen LogP contribution in [0.25, 0.3) is 6.08 Å². The Balaban J connectivity index is 2.14. The third kappa shape index (κ3) is 3.24. The van der Waals surface area contributed by atoms with Crippen molar-refractivity contribution < 1.29 is 23.9 Å². The molecule has 1 N–H and O–H groups in total. The van der Waals surface area contributed by atoms with E-state index in [2.05, 4.69) is 0 Å². The first-order valence-corrected chi connectivity index (χ1v) is 6.52. The van der Waals surface area contributed by atoms with Crippen LogP contribution in [-0.4, -0.2) is 33.7 Å². The summed E-state index contributed by atoms with van der Waals surface area (Å²) in [5, 5.41) is 8.07. The fourth-order valence-electron chi connectivity index (χ4n) is 1.61. The molecule has 2 amide bonds. The van der Waals surface area contributed by atoms with E-state index in [4.69, 9.17) is 5.11 Å². The number of nitrogens with zero attached hydrogens (tertiary/aromatic N) is 1. The minimum absolute atomic E-state index is 0.152. The molecule has 0 saturated carbocycles. The summed E-state index contributed by atoms with van der Waals surface area (Å²) >= 11 is 0.744. The van der Waals surface area contributed by atoms with Crippen LogP contribution in [0.3, 0.4) is 0 Å². The van der Waals surface area contributed by atoms with Crippen LogP contribution in [0.4, 0.5) is 9.18 Å². The molecule has 0 unspecified atom stereocenters. The molecule has 0 bridgehead atoms. The maximum atomic E-state index is 12.8. The van der Waals surface area contributed by atoms with E-state index in [1.165, 1.54) is 30.3 Å². The molecule has 5 nitrogen and oxygen atoms in total. The van der Waals surface area contributed by atoms with Crippen molar-refractivity contribution in [3.8, 4) is 0 Å². The molecule has 1 aliphatic rings. The van der Waals surface area contributed by atoms with Gasteiger partial charge in [0.1, 0.15) is 5.82 Å². The lowest BCUT2D eigenvalue weighted by atomic mass is 10.2. The van der Waals surface area contributed by atoms with Crippen LogP contribution in [0.2, 0.25) is 0 Å². The molecule has 2 rings (SSSR count). The fourth-order valence-corrected chi connectivity index (χ4v) is 2.48. The Morgan fingerprint density at radius 1 is 1.30 bits per heavy atom. The number of benzene rings is 1. The van der Waals surface area contributed by atoms with Gasteiger partial charge in [0, 0.05) is 6.54 Å². The normalized spacial score (nSPS) is 17.1. The number of thioether (sulfide) groups is 1. The van der Waals surface area contributed by atoms with Gasteiger partial charge >= 0.3 is 5.97 Å². The molecule has 0 spiro atoms. The van der Waals surface area contributed by atoms with Gasteiger partial charge in [0.05, 0.1) is 11.3 Å². The van der Waals surface area contributed by atoms with Crippen molar-refractivity contribution in [2.75, 3.05) is 6.54 Å². The van der Waals surface area contributed by atoms with Crippen molar-refractivity contribution in [1.29, 1.82) is 0 Å². The zero-order chi connectivity index (χ0) is 14.7. The van der Waals surface area contributed by atoms with E-state index in [1.807, 2.05) is 0 Å². The van der Waals surface area contributed by atoms with Gasteiger partial charge in [-0.1, -0.05) is 12.1 Å². The number of halogens is 1. The summed E-state index contributed by atoms with van der Waals surface area (Å²) in [6.45, 7) is -0.152. The lowest BCUT2D eigenvalue weighted by Gasteiger charge is -2.09. The van der Waals surface area contributed by atoms with Crippen molar-refractivity contribution in [2.45, 2.75) is 6.42 Å². The number of aliphatic carboxylic acids is 1. The summed E-state index contributed by atoms with van der Waals surface area (Å²) in [6.07, 6.45) is 1.19. The van der Waals surface area contributed by atoms with E-state index >= 15 is 0 Å². The Morgan fingerprint density at radius 3 is 2.55 bits per heavy atom. The second kappa shape index (κ2) is 5.87. The summed E-state index contributed by atoms with van der Waals surface area (Å²) in [7, 11) is 0. The molecule has 1 fully saturated rings. The average molecular weight is 295 g/mol. The Hall–Kier alpha value is -2.15. The summed E-state index contributed by atoms with van der Waals surface area (Å²) in [5.41, 5.74) is 0.593. The van der Waals surface area contributed by atoms with Gasteiger partial charge in [0.2, 0.25) is 0 Å². The van der Waals surface area contributed by atoms with E-state index in [0.29, 0.717) is 5.56 Å². The quantitative estimate of drug-likeness (QED) is 0.863. The first kappa shape index (κ1) is 14.3. The van der Waals surface area contributed by atoms with Crippen molar-refractivity contribution in [3.63, 3.8) is 0 Å². The van der Waals surface area contributed by atoms with Crippen molar-refractivity contribution in [1.82, 2.24) is 4.90 Å². The van der Waals surface area contributed by atoms with Crippen LogP contribution < -0.4 is 0 Å². The number of amides is 2. The summed E-state index contributed by atoms with van der Waals surface area (Å²) < 4.78 is 12.8. The largest absolute Gasteiger partial charge is 0.481 e. The molecule has 1 aromatic carbocycles. The number of imide groups is 1. The molecule has 1 saturated heterocycles. The molecule has 0 aromatic heterocycles. The number of hydrogen-bond donors (Lipinski definition) is 1. The molecule has 0 radical (unpaired) electrons. The predicted molar refractivity (Wildman–Crippen MR) is 71.3 cm³/mol. The van der Waals surface area contributed by atoms with E-state index in [-0.39, 0.29) is 17.9 Å². The van der Waals surface area contributed by atoms with Crippen LogP contribution in [0.15, 0.2) is 29.2 Å². The smallest absolute Gasteiger partial charge is 0.305 e. The molecule has 104 valence electrons. The van der Waals surface area contributed by atoms with Crippen LogP contribution in [0.5, 0.6) is 0 Å². The Labute approximate surface area is 118 Å². The number of carbonyl (C=O) groups is 3. The summed E-state index contributed by atoms with van der Waals surface area (Å²) in [6, 6.07) is 5.47. The highest BCUT2D eigenvalue weighted by Crippen LogP contribution is 2.32. The van der Waals surface area contributed by atoms with Gasteiger partial charge < -0.3 is 5.11 Å². The minimum atomic E-state index is -1.08. The highest BCUT2D eigenvalue weighted by molar-refractivity contribution is 8.18. The van der Waals surface area contributed by atoms with Gasteiger partial charge in [-0.2, -0.15) is 0 Å². The van der Waals surface area contributed by atoms with Gasteiger partial charge in [-0.05, 0) is 35.5 Å². The minimum Gasteiger partial charge on any atom is -0.481 e. The Bertz CT molecular complexity index is 597. The number of carbonyl (C=O) groups excluding carboxylic acids is 2. The maximum absolute atomic E-state index is 12.8. The van der Waals surface area contributed by atoms with E-state index in [0.717, 1.165) is 16.7 Å². The number of carboxylic acids is 1. The summed E-state index contributed by atoms with van der Waals surface area (Å²) in [4.78, 5) is 35.1. The molecule has 0 aliphatic carbocycles. The van der Waals surface area contributed by atoms with E-state index < -0.39 is 22.9 Å². The SMILES string of the molecule is O=C(O)CCN1C(=O)S/C(=C\c2ccc(F)cc2)C1=O. The average Bonchev–Trinajstić information content (AvgIpc) is 2.65. The summed E-state index contributed by atoms with van der Waals surface area (Å²) in [5.74, 6) is -1.99. The zero-order valence-corrected chi connectivity index (χ0v) is 11.0. The molecule has 1 aliphatic heterocycles. The molecule has 20 heavy (non-hydrogen) atoms. The molecule has 0 atom stereocenters. The first-order chi connectivity index (χ1) is 9.47. The molecule has 1 aromatic rings. The molecular weight excluding hydrogens is 285 g/mol. The van der Waals surface area contributed by atoms with Gasteiger partial charge in [-0.15, -0.1) is 0 Å². The third-order valence-electron chi connectivity index (χ3n) is 2.59. The third-order valence-corrected chi connectivity index (χ3v) is 3.50. The van der Waals surface area contributed by atoms with Crippen LogP contribution in [0.1, 0.15) is 12.0 Å². The van der Waals surface area contributed by atoms with Crippen molar-refractivity contribution >= 4 is 35.0 Å². The second-order valence-corrected chi connectivity index (χ2v) is 5.02. The maximum Gasteiger partial charge on any atom is 0.305 e. The predicted octanol–water partition coefficient (Wildman–Crippen LogP) is 2.34. The van der Waals surface area contributed by atoms with Crippen molar-refractivity contribution in [2.24, 2.45) is 0 Å². The topological polar surface area (TPSA) is 74.7 Å². The van der Waals surface area contributed by atoms with Crippen LogP contribution >= 0.6 is 11.8 Å². The van der Waals surface area contributed by atoms with Crippen LogP contribution in [-0.2, 0) is 9.59 Å². The highest BCUT2D eigenvalue weighted by Gasteiger charge is 2.34. The molecular formula is C13H10FNO4S. The number of hydrogen-bond acceptors (Lipinski definition) is 4. The number of carboxylic acid groups (broad SMARTS) is 1. The van der Waals surface area contributed by atoms with Gasteiger partial charge in [0.25, 0.3) is 11.1 Å².